The van der Waals surface area contributed by atoms with Crippen LogP contribution in [-0.4, -0.2) is 23.8 Å². The summed E-state index contributed by atoms with van der Waals surface area (Å²) in [6, 6.07) is 7.28. The molecule has 1 rings (SSSR count). The van der Waals surface area contributed by atoms with Crippen LogP contribution in [0.1, 0.15) is 44.5 Å². The summed E-state index contributed by atoms with van der Waals surface area (Å²) < 4.78 is 0. The summed E-state index contributed by atoms with van der Waals surface area (Å²) in [4.78, 5) is 22.9. The fourth-order valence-electron chi connectivity index (χ4n) is 1.65. The molecule has 0 atom stereocenters. The lowest BCUT2D eigenvalue weighted by Gasteiger charge is -2.20. The van der Waals surface area contributed by atoms with Gasteiger partial charge in [0, 0.05) is 29.8 Å². The Labute approximate surface area is 114 Å². The highest BCUT2D eigenvalue weighted by Crippen LogP contribution is 2.11. The third-order valence-electron chi connectivity index (χ3n) is 2.46. The van der Waals surface area contributed by atoms with E-state index in [1.54, 1.807) is 12.1 Å². The maximum atomic E-state index is 11.6. The Bertz CT molecular complexity index is 461. The molecule has 0 fully saturated rings. The molecule has 1 amide bonds. The first-order valence-corrected chi connectivity index (χ1v) is 6.44. The van der Waals surface area contributed by atoms with Crippen LogP contribution in [0.3, 0.4) is 0 Å². The third kappa shape index (κ3) is 6.04. The third-order valence-corrected chi connectivity index (χ3v) is 2.46. The molecule has 0 aromatic heterocycles. The number of carbonyl (C=O) groups is 2. The van der Waals surface area contributed by atoms with E-state index in [-0.39, 0.29) is 17.2 Å². The molecule has 0 aliphatic heterocycles. The molecule has 0 radical (unpaired) electrons. The van der Waals surface area contributed by atoms with Crippen LogP contribution < -0.4 is 10.6 Å². The summed E-state index contributed by atoms with van der Waals surface area (Å²) in [6.07, 6.45) is 0.404. The van der Waals surface area contributed by atoms with Crippen LogP contribution in [0.25, 0.3) is 0 Å². The second-order valence-electron chi connectivity index (χ2n) is 5.61. The number of benzene rings is 1. The highest BCUT2D eigenvalue weighted by molar-refractivity contribution is 5.94. The number of hydrogen-bond donors (Lipinski definition) is 2. The molecule has 0 heterocycles. The molecule has 0 spiro atoms. The minimum absolute atomic E-state index is 0.0164. The molecule has 0 bridgehead atoms. The van der Waals surface area contributed by atoms with Gasteiger partial charge in [-0.3, -0.25) is 9.59 Å². The van der Waals surface area contributed by atoms with Gasteiger partial charge in [-0.25, -0.2) is 0 Å². The smallest absolute Gasteiger partial charge is 0.222 e. The first-order chi connectivity index (χ1) is 8.78. The molecule has 2 N–H and O–H groups in total. The molecule has 0 unspecified atom stereocenters. The molecule has 0 aliphatic carbocycles. The summed E-state index contributed by atoms with van der Waals surface area (Å²) in [6.45, 7) is 7.94. The maximum absolute atomic E-state index is 11.6. The maximum Gasteiger partial charge on any atom is 0.222 e. The van der Waals surface area contributed by atoms with E-state index in [4.69, 9.17) is 0 Å². The second-order valence-corrected chi connectivity index (χ2v) is 5.61. The summed E-state index contributed by atoms with van der Waals surface area (Å²) in [5.74, 6) is 0.0526. The first kappa shape index (κ1) is 15.2. The quantitative estimate of drug-likeness (QED) is 0.802. The molecule has 1 aromatic carbocycles. The van der Waals surface area contributed by atoms with Gasteiger partial charge in [0.2, 0.25) is 5.91 Å². The normalized spacial score (nSPS) is 10.9. The van der Waals surface area contributed by atoms with E-state index >= 15 is 0 Å². The van der Waals surface area contributed by atoms with Crippen LogP contribution in [0, 0.1) is 0 Å². The van der Waals surface area contributed by atoms with Crippen molar-refractivity contribution in [3.63, 3.8) is 0 Å². The Morgan fingerprint density at radius 1 is 1.21 bits per heavy atom. The van der Waals surface area contributed by atoms with Gasteiger partial charge >= 0.3 is 0 Å². The van der Waals surface area contributed by atoms with Gasteiger partial charge in [-0.15, -0.1) is 0 Å². The number of Topliss-reactive ketones (excluding diaryl/α,β-unsaturated/α-hetero) is 1. The van der Waals surface area contributed by atoms with Crippen molar-refractivity contribution in [3.05, 3.63) is 29.8 Å². The monoisotopic (exact) mass is 262 g/mol. The standard InChI is InChI=1S/C15H22N2O2/c1-11(18)12-6-5-7-13(10-12)16-9-8-14(19)17-15(2,3)4/h5-7,10,16H,8-9H2,1-4H3,(H,17,19). The van der Waals surface area contributed by atoms with Gasteiger partial charge in [0.25, 0.3) is 0 Å². The van der Waals surface area contributed by atoms with Crippen molar-refractivity contribution in [3.8, 4) is 0 Å². The van der Waals surface area contributed by atoms with Crippen molar-refractivity contribution in [2.45, 2.75) is 39.7 Å². The van der Waals surface area contributed by atoms with E-state index in [9.17, 15) is 9.59 Å². The van der Waals surface area contributed by atoms with Crippen LogP contribution in [0.2, 0.25) is 0 Å². The number of ketones is 1. The zero-order valence-electron chi connectivity index (χ0n) is 12.0. The van der Waals surface area contributed by atoms with Crippen LogP contribution in [-0.2, 0) is 4.79 Å². The number of amides is 1. The number of nitrogens with one attached hydrogen (secondary N) is 2. The molecular formula is C15H22N2O2. The second kappa shape index (κ2) is 6.36. The SMILES string of the molecule is CC(=O)c1cccc(NCCC(=O)NC(C)(C)C)c1. The number of carbonyl (C=O) groups excluding carboxylic acids is 2. The van der Waals surface area contributed by atoms with E-state index in [1.165, 1.54) is 6.92 Å². The molecule has 0 aliphatic rings. The molecule has 19 heavy (non-hydrogen) atoms. The van der Waals surface area contributed by atoms with E-state index in [0.29, 0.717) is 18.5 Å². The fraction of sp³-hybridized carbons (Fsp3) is 0.467. The molecule has 0 saturated carbocycles. The topological polar surface area (TPSA) is 58.2 Å². The van der Waals surface area contributed by atoms with E-state index in [2.05, 4.69) is 10.6 Å². The minimum atomic E-state index is -0.203. The van der Waals surface area contributed by atoms with Crippen molar-refractivity contribution < 1.29 is 9.59 Å². The van der Waals surface area contributed by atoms with Gasteiger partial charge in [-0.2, -0.15) is 0 Å². The van der Waals surface area contributed by atoms with E-state index in [0.717, 1.165) is 5.69 Å². The van der Waals surface area contributed by atoms with Gasteiger partial charge in [0.05, 0.1) is 0 Å². The summed E-state index contributed by atoms with van der Waals surface area (Å²) in [5.41, 5.74) is 1.33. The van der Waals surface area contributed by atoms with Crippen molar-refractivity contribution in [2.75, 3.05) is 11.9 Å². The summed E-state index contributed by atoms with van der Waals surface area (Å²) in [7, 11) is 0. The molecule has 0 saturated heterocycles. The Morgan fingerprint density at radius 3 is 2.47 bits per heavy atom. The molecule has 4 nitrogen and oxygen atoms in total. The highest BCUT2D eigenvalue weighted by atomic mass is 16.1. The Balaban J connectivity index is 2.43. The lowest BCUT2D eigenvalue weighted by Crippen LogP contribution is -2.41. The molecule has 4 heteroatoms. The minimum Gasteiger partial charge on any atom is -0.385 e. The molecule has 1 aromatic rings. The van der Waals surface area contributed by atoms with Crippen LogP contribution in [0.15, 0.2) is 24.3 Å². The average Bonchev–Trinajstić information content (AvgIpc) is 2.27. The Morgan fingerprint density at radius 2 is 1.89 bits per heavy atom. The fourth-order valence-corrected chi connectivity index (χ4v) is 1.65. The van der Waals surface area contributed by atoms with Crippen LogP contribution >= 0.6 is 0 Å². The Hall–Kier alpha value is -1.84. The Kier molecular flexibility index (Phi) is 5.10. The highest BCUT2D eigenvalue weighted by Gasteiger charge is 2.12. The largest absolute Gasteiger partial charge is 0.385 e. The zero-order chi connectivity index (χ0) is 14.5. The van der Waals surface area contributed by atoms with Gasteiger partial charge in [-0.05, 0) is 39.8 Å². The van der Waals surface area contributed by atoms with Crippen molar-refractivity contribution in [1.82, 2.24) is 5.32 Å². The lowest BCUT2D eigenvalue weighted by atomic mass is 10.1. The molecular weight excluding hydrogens is 240 g/mol. The van der Waals surface area contributed by atoms with E-state index in [1.807, 2.05) is 32.9 Å². The average molecular weight is 262 g/mol. The van der Waals surface area contributed by atoms with E-state index < -0.39 is 0 Å². The predicted octanol–water partition coefficient (Wildman–Crippen LogP) is 2.61. The van der Waals surface area contributed by atoms with Crippen molar-refractivity contribution >= 4 is 17.4 Å². The van der Waals surface area contributed by atoms with Crippen LogP contribution in [0.5, 0.6) is 0 Å². The zero-order valence-corrected chi connectivity index (χ0v) is 12.0. The van der Waals surface area contributed by atoms with Crippen molar-refractivity contribution in [1.29, 1.82) is 0 Å². The van der Waals surface area contributed by atoms with Gasteiger partial charge < -0.3 is 10.6 Å². The number of hydrogen-bond acceptors (Lipinski definition) is 3. The van der Waals surface area contributed by atoms with Gasteiger partial charge in [-0.1, -0.05) is 12.1 Å². The number of anilines is 1. The van der Waals surface area contributed by atoms with Crippen molar-refractivity contribution in [2.24, 2.45) is 0 Å². The predicted molar refractivity (Wildman–Crippen MR) is 77.4 cm³/mol. The van der Waals surface area contributed by atoms with Gasteiger partial charge in [0.1, 0.15) is 0 Å². The lowest BCUT2D eigenvalue weighted by molar-refractivity contribution is -0.122. The van der Waals surface area contributed by atoms with Crippen LogP contribution in [0.4, 0.5) is 5.69 Å². The number of rotatable bonds is 5. The molecule has 104 valence electrons. The summed E-state index contributed by atoms with van der Waals surface area (Å²) >= 11 is 0. The first-order valence-electron chi connectivity index (χ1n) is 6.44. The van der Waals surface area contributed by atoms with Gasteiger partial charge in [0.15, 0.2) is 5.78 Å². The summed E-state index contributed by atoms with van der Waals surface area (Å²) in [5, 5.41) is 6.05.